The molecular formula is C13H10O7. The number of hydrogen-bond donors (Lipinski definition) is 3. The molecule has 2 aromatic rings. The van der Waals surface area contributed by atoms with Crippen LogP contribution in [0.25, 0.3) is 11.0 Å². The molecule has 0 unspecified atom stereocenters. The predicted octanol–water partition coefficient (Wildman–Crippen LogP) is 1.13. The zero-order valence-electron chi connectivity index (χ0n) is 10.3. The molecular weight excluding hydrogens is 268 g/mol. The molecule has 0 radical (unpaired) electrons. The van der Waals surface area contributed by atoms with E-state index in [1.807, 2.05) is 0 Å². The van der Waals surface area contributed by atoms with E-state index in [2.05, 4.69) is 0 Å². The van der Waals surface area contributed by atoms with E-state index in [1.54, 1.807) is 0 Å². The highest BCUT2D eigenvalue weighted by atomic mass is 16.4. The summed E-state index contributed by atoms with van der Waals surface area (Å²) in [4.78, 5) is 33.6. The molecule has 0 amide bonds. The number of fused-ring (bicyclic) bond motifs is 1. The summed E-state index contributed by atoms with van der Waals surface area (Å²) in [6, 6.07) is 2.53. The third kappa shape index (κ3) is 2.09. The fourth-order valence-corrected chi connectivity index (χ4v) is 2.01. The molecule has 0 atom stereocenters. The molecule has 0 aliphatic carbocycles. The molecule has 0 saturated heterocycles. The molecule has 104 valence electrons. The number of aryl methyl sites for hydroxylation is 1. The third-order valence-corrected chi connectivity index (χ3v) is 2.98. The van der Waals surface area contributed by atoms with Crippen LogP contribution in [0.3, 0.4) is 0 Å². The number of benzene rings is 1. The lowest BCUT2D eigenvalue weighted by Gasteiger charge is -2.08. The van der Waals surface area contributed by atoms with E-state index in [4.69, 9.17) is 14.6 Å². The van der Waals surface area contributed by atoms with Crippen molar-refractivity contribution in [2.45, 2.75) is 13.3 Å². The number of hydrogen-bond acceptors (Lipinski definition) is 5. The molecule has 1 aromatic heterocycles. The van der Waals surface area contributed by atoms with Crippen molar-refractivity contribution in [1.82, 2.24) is 0 Å². The first kappa shape index (κ1) is 13.6. The highest BCUT2D eigenvalue weighted by molar-refractivity contribution is 6.04. The normalized spacial score (nSPS) is 10.7. The summed E-state index contributed by atoms with van der Waals surface area (Å²) in [5.41, 5.74) is -1.45. The van der Waals surface area contributed by atoms with Gasteiger partial charge in [0, 0.05) is 5.39 Å². The van der Waals surface area contributed by atoms with Gasteiger partial charge in [0.05, 0.1) is 12.0 Å². The number of aromatic hydroxyl groups is 1. The largest absolute Gasteiger partial charge is 0.507 e. The van der Waals surface area contributed by atoms with E-state index in [-0.39, 0.29) is 16.5 Å². The fourth-order valence-electron chi connectivity index (χ4n) is 2.01. The lowest BCUT2D eigenvalue weighted by Crippen LogP contribution is -2.15. The van der Waals surface area contributed by atoms with E-state index in [0.717, 1.165) is 6.07 Å². The minimum absolute atomic E-state index is 0.0490. The highest BCUT2D eigenvalue weighted by Crippen LogP contribution is 2.29. The summed E-state index contributed by atoms with van der Waals surface area (Å²) in [6.45, 7) is 1.50. The summed E-state index contributed by atoms with van der Waals surface area (Å²) < 4.78 is 4.89. The molecule has 1 heterocycles. The van der Waals surface area contributed by atoms with Crippen LogP contribution >= 0.6 is 0 Å². The standard InChI is InChI=1S/C13H10O7/c1-5-6-2-3-8(14)10(12(17)18)11(6)20-13(19)7(5)4-9(15)16/h2-3,14H,4H2,1H3,(H,15,16)(H,17,18). The van der Waals surface area contributed by atoms with E-state index in [0.29, 0.717) is 5.56 Å². The Morgan fingerprint density at radius 2 is 1.90 bits per heavy atom. The average Bonchev–Trinajstić information content (AvgIpc) is 2.33. The Hall–Kier alpha value is -2.83. The highest BCUT2D eigenvalue weighted by Gasteiger charge is 2.21. The van der Waals surface area contributed by atoms with Gasteiger partial charge in [0.2, 0.25) is 0 Å². The maximum atomic E-state index is 11.8. The molecule has 0 aliphatic rings. The van der Waals surface area contributed by atoms with Gasteiger partial charge in [0.1, 0.15) is 11.3 Å². The Labute approximate surface area is 111 Å². The van der Waals surface area contributed by atoms with Crippen molar-refractivity contribution in [2.24, 2.45) is 0 Å². The van der Waals surface area contributed by atoms with Crippen LogP contribution in [0.1, 0.15) is 21.5 Å². The number of aliphatic carboxylic acids is 1. The quantitative estimate of drug-likeness (QED) is 0.718. The predicted molar refractivity (Wildman–Crippen MR) is 67.2 cm³/mol. The molecule has 20 heavy (non-hydrogen) atoms. The molecule has 0 saturated carbocycles. The van der Waals surface area contributed by atoms with Crippen molar-refractivity contribution in [3.63, 3.8) is 0 Å². The molecule has 1 aromatic carbocycles. The monoisotopic (exact) mass is 278 g/mol. The lowest BCUT2D eigenvalue weighted by atomic mass is 10.0. The van der Waals surface area contributed by atoms with Gasteiger partial charge in [-0.3, -0.25) is 4.79 Å². The molecule has 0 aliphatic heterocycles. The number of carbonyl (C=O) groups is 2. The van der Waals surface area contributed by atoms with Crippen LogP contribution in [0.2, 0.25) is 0 Å². The summed E-state index contributed by atoms with van der Waals surface area (Å²) in [6.07, 6.45) is -0.520. The van der Waals surface area contributed by atoms with Gasteiger partial charge in [0.25, 0.3) is 0 Å². The maximum absolute atomic E-state index is 11.8. The van der Waals surface area contributed by atoms with Gasteiger partial charge in [-0.15, -0.1) is 0 Å². The minimum atomic E-state index is -1.44. The lowest BCUT2D eigenvalue weighted by molar-refractivity contribution is -0.136. The molecule has 0 fully saturated rings. The second kappa shape index (κ2) is 4.69. The van der Waals surface area contributed by atoms with E-state index >= 15 is 0 Å². The van der Waals surface area contributed by atoms with Crippen LogP contribution in [0.15, 0.2) is 21.3 Å². The van der Waals surface area contributed by atoms with Gasteiger partial charge >= 0.3 is 17.6 Å². The zero-order valence-corrected chi connectivity index (χ0v) is 10.3. The number of phenols is 1. The van der Waals surface area contributed by atoms with Crippen molar-refractivity contribution < 1.29 is 29.3 Å². The van der Waals surface area contributed by atoms with Gasteiger partial charge in [0.15, 0.2) is 5.58 Å². The Balaban J connectivity index is 2.89. The summed E-state index contributed by atoms with van der Waals surface area (Å²) in [5, 5.41) is 27.6. The van der Waals surface area contributed by atoms with Crippen LogP contribution in [-0.2, 0) is 11.2 Å². The zero-order chi connectivity index (χ0) is 15.0. The number of rotatable bonds is 3. The van der Waals surface area contributed by atoms with Crippen molar-refractivity contribution in [2.75, 3.05) is 0 Å². The van der Waals surface area contributed by atoms with E-state index < -0.39 is 35.3 Å². The Kier molecular flexibility index (Phi) is 3.19. The number of aromatic carboxylic acids is 1. The van der Waals surface area contributed by atoms with E-state index in [9.17, 15) is 19.5 Å². The molecule has 2 rings (SSSR count). The van der Waals surface area contributed by atoms with Crippen molar-refractivity contribution in [3.8, 4) is 5.75 Å². The summed E-state index contributed by atoms with van der Waals surface area (Å²) in [5.74, 6) is -3.17. The Bertz CT molecular complexity index is 785. The third-order valence-electron chi connectivity index (χ3n) is 2.98. The Morgan fingerprint density at radius 3 is 2.45 bits per heavy atom. The Morgan fingerprint density at radius 1 is 1.25 bits per heavy atom. The first-order valence-electron chi connectivity index (χ1n) is 5.56. The second-order valence-electron chi connectivity index (χ2n) is 4.21. The molecule has 0 bridgehead atoms. The van der Waals surface area contributed by atoms with E-state index in [1.165, 1.54) is 13.0 Å². The van der Waals surface area contributed by atoms with Crippen molar-refractivity contribution in [3.05, 3.63) is 39.2 Å². The summed E-state index contributed by atoms with van der Waals surface area (Å²) in [7, 11) is 0. The van der Waals surface area contributed by atoms with Crippen LogP contribution in [0.5, 0.6) is 5.75 Å². The number of carboxylic acid groups (broad SMARTS) is 2. The first-order valence-corrected chi connectivity index (χ1v) is 5.56. The smallest absolute Gasteiger partial charge is 0.343 e. The van der Waals surface area contributed by atoms with Gasteiger partial charge in [-0.1, -0.05) is 0 Å². The summed E-state index contributed by atoms with van der Waals surface area (Å²) >= 11 is 0. The topological polar surface area (TPSA) is 125 Å². The van der Waals surface area contributed by atoms with Gasteiger partial charge in [-0.25, -0.2) is 9.59 Å². The van der Waals surface area contributed by atoms with Gasteiger partial charge in [-0.2, -0.15) is 0 Å². The minimum Gasteiger partial charge on any atom is -0.507 e. The van der Waals surface area contributed by atoms with Crippen LogP contribution in [0.4, 0.5) is 0 Å². The SMILES string of the molecule is Cc1c(CC(=O)O)c(=O)oc2c(C(=O)O)c(O)ccc12. The first-order chi connectivity index (χ1) is 9.32. The van der Waals surface area contributed by atoms with Crippen LogP contribution in [-0.4, -0.2) is 27.3 Å². The van der Waals surface area contributed by atoms with Crippen molar-refractivity contribution >= 4 is 22.9 Å². The fraction of sp³-hybridized carbons (Fsp3) is 0.154. The average molecular weight is 278 g/mol. The second-order valence-corrected chi connectivity index (χ2v) is 4.21. The van der Waals surface area contributed by atoms with Crippen LogP contribution in [0, 0.1) is 6.92 Å². The number of carboxylic acids is 2. The van der Waals surface area contributed by atoms with Gasteiger partial charge < -0.3 is 19.7 Å². The molecule has 7 heteroatoms. The van der Waals surface area contributed by atoms with Gasteiger partial charge in [-0.05, 0) is 24.6 Å². The molecule has 7 nitrogen and oxygen atoms in total. The molecule has 0 spiro atoms. The molecule has 3 N–H and O–H groups in total. The van der Waals surface area contributed by atoms with Crippen molar-refractivity contribution in [1.29, 1.82) is 0 Å². The van der Waals surface area contributed by atoms with Crippen LogP contribution < -0.4 is 5.63 Å². The maximum Gasteiger partial charge on any atom is 0.343 e.